The molecule has 0 saturated heterocycles. The van der Waals surface area contributed by atoms with E-state index in [1.807, 2.05) is 49.4 Å². The molecular weight excluding hydrogens is 302 g/mol. The van der Waals surface area contributed by atoms with Crippen molar-refractivity contribution >= 4 is 27.5 Å². The first-order valence-corrected chi connectivity index (χ1v) is 7.06. The highest BCUT2D eigenvalue weighted by molar-refractivity contribution is 9.10. The van der Waals surface area contributed by atoms with E-state index in [1.165, 1.54) is 5.56 Å². The van der Waals surface area contributed by atoms with Gasteiger partial charge in [0, 0.05) is 15.7 Å². The van der Waals surface area contributed by atoms with E-state index in [-0.39, 0.29) is 5.91 Å². The Morgan fingerprint density at radius 1 is 1.16 bits per heavy atom. The zero-order valence-electron chi connectivity index (χ0n) is 11.0. The molecule has 3 heteroatoms. The van der Waals surface area contributed by atoms with Crippen molar-refractivity contribution < 1.29 is 4.79 Å². The van der Waals surface area contributed by atoms with E-state index in [1.54, 1.807) is 0 Å². The number of hydrogen-bond donors (Lipinski definition) is 1. The zero-order valence-corrected chi connectivity index (χ0v) is 12.6. The number of benzene rings is 2. The summed E-state index contributed by atoms with van der Waals surface area (Å²) in [6.45, 7) is 4.07. The first kappa shape index (κ1) is 13.8. The number of halogens is 1. The van der Waals surface area contributed by atoms with E-state index >= 15 is 0 Å². The largest absolute Gasteiger partial charge is 0.322 e. The van der Waals surface area contributed by atoms with Crippen LogP contribution in [-0.2, 0) is 6.42 Å². The Morgan fingerprint density at radius 3 is 2.47 bits per heavy atom. The van der Waals surface area contributed by atoms with Gasteiger partial charge < -0.3 is 5.32 Å². The summed E-state index contributed by atoms with van der Waals surface area (Å²) in [5.41, 5.74) is 3.77. The number of hydrogen-bond acceptors (Lipinski definition) is 1. The van der Waals surface area contributed by atoms with E-state index in [9.17, 15) is 4.79 Å². The van der Waals surface area contributed by atoms with Gasteiger partial charge in [0.2, 0.25) is 0 Å². The van der Waals surface area contributed by atoms with Crippen molar-refractivity contribution in [1.29, 1.82) is 0 Å². The van der Waals surface area contributed by atoms with Crippen molar-refractivity contribution in [3.8, 4) is 0 Å². The molecule has 2 aromatic rings. The molecule has 0 saturated carbocycles. The van der Waals surface area contributed by atoms with Crippen LogP contribution in [-0.4, -0.2) is 5.91 Å². The molecule has 0 spiro atoms. The molecule has 2 aromatic carbocycles. The molecule has 0 unspecified atom stereocenters. The standard InChI is InChI=1S/C16H16BrNO/c1-3-12-7-9-13(10-8-12)16(19)18-15-6-4-5-14(17)11(15)2/h4-10H,3H2,1-2H3,(H,18,19). The van der Waals surface area contributed by atoms with Crippen molar-refractivity contribution in [2.24, 2.45) is 0 Å². The Bertz CT molecular complexity index is 590. The second kappa shape index (κ2) is 6.02. The van der Waals surface area contributed by atoms with Gasteiger partial charge >= 0.3 is 0 Å². The minimum Gasteiger partial charge on any atom is -0.322 e. The number of carbonyl (C=O) groups is 1. The lowest BCUT2D eigenvalue weighted by atomic mass is 10.1. The SMILES string of the molecule is CCc1ccc(C(=O)Nc2cccc(Br)c2C)cc1. The van der Waals surface area contributed by atoms with Crippen LogP contribution in [0.3, 0.4) is 0 Å². The summed E-state index contributed by atoms with van der Waals surface area (Å²) in [5.74, 6) is -0.0798. The van der Waals surface area contributed by atoms with E-state index < -0.39 is 0 Å². The zero-order chi connectivity index (χ0) is 13.8. The van der Waals surface area contributed by atoms with Crippen LogP contribution in [0.25, 0.3) is 0 Å². The number of nitrogens with one attached hydrogen (secondary N) is 1. The molecule has 0 aliphatic rings. The maximum atomic E-state index is 12.2. The van der Waals surface area contributed by atoms with E-state index in [2.05, 4.69) is 28.2 Å². The number of amides is 1. The van der Waals surface area contributed by atoms with Crippen LogP contribution in [0.15, 0.2) is 46.9 Å². The highest BCUT2D eigenvalue weighted by Gasteiger charge is 2.08. The van der Waals surface area contributed by atoms with Gasteiger partial charge in [0.25, 0.3) is 5.91 Å². The van der Waals surface area contributed by atoms with Gasteiger partial charge in [-0.1, -0.05) is 41.1 Å². The average molecular weight is 318 g/mol. The molecule has 1 N–H and O–H groups in total. The quantitative estimate of drug-likeness (QED) is 0.882. The van der Waals surface area contributed by atoms with Crippen molar-refractivity contribution in [2.45, 2.75) is 20.3 Å². The third-order valence-electron chi connectivity index (χ3n) is 3.14. The Hall–Kier alpha value is -1.61. The fraction of sp³-hybridized carbons (Fsp3) is 0.188. The van der Waals surface area contributed by atoms with Crippen molar-refractivity contribution in [3.63, 3.8) is 0 Å². The van der Waals surface area contributed by atoms with Crippen LogP contribution in [0.4, 0.5) is 5.69 Å². The van der Waals surface area contributed by atoms with Crippen LogP contribution in [0.2, 0.25) is 0 Å². The monoisotopic (exact) mass is 317 g/mol. The molecule has 0 fully saturated rings. The van der Waals surface area contributed by atoms with Crippen molar-refractivity contribution in [3.05, 3.63) is 63.6 Å². The van der Waals surface area contributed by atoms with Gasteiger partial charge in [0.15, 0.2) is 0 Å². The smallest absolute Gasteiger partial charge is 0.255 e. The Kier molecular flexibility index (Phi) is 4.38. The summed E-state index contributed by atoms with van der Waals surface area (Å²) >= 11 is 3.46. The topological polar surface area (TPSA) is 29.1 Å². The van der Waals surface area contributed by atoms with Crippen molar-refractivity contribution in [2.75, 3.05) is 5.32 Å². The van der Waals surface area contributed by atoms with Gasteiger partial charge in [-0.25, -0.2) is 0 Å². The summed E-state index contributed by atoms with van der Waals surface area (Å²) in [4.78, 5) is 12.2. The lowest BCUT2D eigenvalue weighted by molar-refractivity contribution is 0.102. The Balaban J connectivity index is 2.18. The minimum absolute atomic E-state index is 0.0798. The second-order valence-electron chi connectivity index (χ2n) is 4.42. The van der Waals surface area contributed by atoms with Crippen LogP contribution in [0.1, 0.15) is 28.4 Å². The number of aryl methyl sites for hydroxylation is 1. The molecule has 98 valence electrons. The molecule has 0 heterocycles. The molecule has 0 aromatic heterocycles. The van der Waals surface area contributed by atoms with E-state index in [0.717, 1.165) is 22.1 Å². The summed E-state index contributed by atoms with van der Waals surface area (Å²) in [7, 11) is 0. The summed E-state index contributed by atoms with van der Waals surface area (Å²) in [6, 6.07) is 13.5. The van der Waals surface area contributed by atoms with E-state index in [4.69, 9.17) is 0 Å². The molecule has 0 aliphatic carbocycles. The summed E-state index contributed by atoms with van der Waals surface area (Å²) in [5, 5.41) is 2.94. The molecule has 0 aliphatic heterocycles. The number of rotatable bonds is 3. The van der Waals surface area contributed by atoms with Gasteiger partial charge in [-0.05, 0) is 48.7 Å². The average Bonchev–Trinajstić information content (AvgIpc) is 2.44. The molecule has 2 nitrogen and oxygen atoms in total. The first-order chi connectivity index (χ1) is 9.11. The lowest BCUT2D eigenvalue weighted by Gasteiger charge is -2.10. The normalized spacial score (nSPS) is 10.3. The fourth-order valence-electron chi connectivity index (χ4n) is 1.83. The van der Waals surface area contributed by atoms with Crippen LogP contribution in [0.5, 0.6) is 0 Å². The van der Waals surface area contributed by atoms with Gasteiger partial charge in [0.1, 0.15) is 0 Å². The molecule has 0 radical (unpaired) electrons. The molecule has 0 atom stereocenters. The molecular formula is C16H16BrNO. The molecule has 1 amide bonds. The Morgan fingerprint density at radius 2 is 1.84 bits per heavy atom. The Labute approximate surface area is 122 Å². The van der Waals surface area contributed by atoms with Crippen LogP contribution >= 0.6 is 15.9 Å². The minimum atomic E-state index is -0.0798. The van der Waals surface area contributed by atoms with E-state index in [0.29, 0.717) is 5.56 Å². The predicted molar refractivity (Wildman–Crippen MR) is 82.7 cm³/mol. The van der Waals surface area contributed by atoms with Gasteiger partial charge in [0.05, 0.1) is 0 Å². The van der Waals surface area contributed by atoms with Crippen molar-refractivity contribution in [1.82, 2.24) is 0 Å². The maximum absolute atomic E-state index is 12.2. The van der Waals surface area contributed by atoms with Crippen LogP contribution < -0.4 is 5.32 Å². The van der Waals surface area contributed by atoms with Gasteiger partial charge in [-0.15, -0.1) is 0 Å². The highest BCUT2D eigenvalue weighted by atomic mass is 79.9. The van der Waals surface area contributed by atoms with Gasteiger partial charge in [-0.2, -0.15) is 0 Å². The third-order valence-corrected chi connectivity index (χ3v) is 4.00. The second-order valence-corrected chi connectivity index (χ2v) is 5.27. The van der Waals surface area contributed by atoms with Crippen LogP contribution in [0, 0.1) is 6.92 Å². The molecule has 2 rings (SSSR count). The predicted octanol–water partition coefficient (Wildman–Crippen LogP) is 4.57. The highest BCUT2D eigenvalue weighted by Crippen LogP contribution is 2.23. The number of carbonyl (C=O) groups excluding carboxylic acids is 1. The molecule has 0 bridgehead atoms. The summed E-state index contributed by atoms with van der Waals surface area (Å²) < 4.78 is 0.992. The number of anilines is 1. The third kappa shape index (κ3) is 3.24. The lowest BCUT2D eigenvalue weighted by Crippen LogP contribution is -2.12. The first-order valence-electron chi connectivity index (χ1n) is 6.27. The maximum Gasteiger partial charge on any atom is 0.255 e. The molecule has 19 heavy (non-hydrogen) atoms. The van der Waals surface area contributed by atoms with Gasteiger partial charge in [-0.3, -0.25) is 4.79 Å². The fourth-order valence-corrected chi connectivity index (χ4v) is 2.20. The summed E-state index contributed by atoms with van der Waals surface area (Å²) in [6.07, 6.45) is 0.979.